The molecule has 1 aromatic carbocycles. The van der Waals surface area contributed by atoms with E-state index in [1.165, 1.54) is 6.07 Å². The molecular formula is C13H16ClFN2O. The minimum atomic E-state index is -0.424. The summed E-state index contributed by atoms with van der Waals surface area (Å²) < 4.78 is 13.7. The molecule has 0 radical (unpaired) electrons. The van der Waals surface area contributed by atoms with E-state index in [-0.39, 0.29) is 17.6 Å². The molecule has 0 aliphatic carbocycles. The van der Waals surface area contributed by atoms with Crippen molar-refractivity contribution in [3.8, 4) is 0 Å². The molecule has 0 bridgehead atoms. The van der Waals surface area contributed by atoms with Crippen molar-refractivity contribution < 1.29 is 9.18 Å². The summed E-state index contributed by atoms with van der Waals surface area (Å²) in [5, 5.41) is 6.28. The lowest BCUT2D eigenvalue weighted by molar-refractivity contribution is -0.125. The fourth-order valence-corrected chi connectivity index (χ4v) is 2.53. The Hall–Kier alpha value is -1.13. The van der Waals surface area contributed by atoms with E-state index in [2.05, 4.69) is 10.6 Å². The molecule has 3 nitrogen and oxygen atoms in total. The largest absolute Gasteiger partial charge is 0.349 e. The Morgan fingerprint density at radius 3 is 3.00 bits per heavy atom. The third-order valence-corrected chi connectivity index (χ3v) is 3.55. The first-order valence-electron chi connectivity index (χ1n) is 6.04. The number of benzene rings is 1. The highest BCUT2D eigenvalue weighted by atomic mass is 35.5. The van der Waals surface area contributed by atoms with E-state index >= 15 is 0 Å². The number of nitrogens with one attached hydrogen (secondary N) is 2. The van der Waals surface area contributed by atoms with Crippen molar-refractivity contribution in [2.45, 2.75) is 19.4 Å². The molecular weight excluding hydrogens is 255 g/mol. The first kappa shape index (κ1) is 13.3. The molecule has 1 fully saturated rings. The van der Waals surface area contributed by atoms with Crippen molar-refractivity contribution in [1.29, 1.82) is 0 Å². The van der Waals surface area contributed by atoms with Gasteiger partial charge >= 0.3 is 0 Å². The monoisotopic (exact) mass is 270 g/mol. The SMILES string of the molecule is CC(NC(=O)C1CCNC1)c1c(F)cccc1Cl. The quantitative estimate of drug-likeness (QED) is 0.885. The second-order valence-electron chi connectivity index (χ2n) is 4.56. The van der Waals surface area contributed by atoms with Gasteiger partial charge in [-0.25, -0.2) is 4.39 Å². The van der Waals surface area contributed by atoms with E-state index in [9.17, 15) is 9.18 Å². The fraction of sp³-hybridized carbons (Fsp3) is 0.462. The predicted molar refractivity (Wildman–Crippen MR) is 68.9 cm³/mol. The van der Waals surface area contributed by atoms with Crippen LogP contribution in [0.3, 0.4) is 0 Å². The molecule has 98 valence electrons. The summed E-state index contributed by atoms with van der Waals surface area (Å²) >= 11 is 5.96. The zero-order chi connectivity index (χ0) is 13.1. The molecule has 1 aliphatic heterocycles. The number of hydrogen-bond donors (Lipinski definition) is 2. The van der Waals surface area contributed by atoms with Gasteiger partial charge in [0.25, 0.3) is 0 Å². The molecule has 18 heavy (non-hydrogen) atoms. The molecule has 2 N–H and O–H groups in total. The zero-order valence-corrected chi connectivity index (χ0v) is 10.9. The Bertz CT molecular complexity index is 426. The van der Waals surface area contributed by atoms with Crippen LogP contribution in [0.5, 0.6) is 0 Å². The van der Waals surface area contributed by atoms with Crippen LogP contribution >= 0.6 is 11.6 Å². The molecule has 2 rings (SSSR count). The second-order valence-corrected chi connectivity index (χ2v) is 4.96. The predicted octanol–water partition coefficient (Wildman–Crippen LogP) is 2.27. The molecule has 1 amide bonds. The smallest absolute Gasteiger partial charge is 0.224 e. The summed E-state index contributed by atoms with van der Waals surface area (Å²) in [5.41, 5.74) is 0.346. The second kappa shape index (κ2) is 5.67. The maximum Gasteiger partial charge on any atom is 0.224 e. The van der Waals surface area contributed by atoms with Crippen molar-refractivity contribution in [3.63, 3.8) is 0 Å². The van der Waals surface area contributed by atoms with Crippen molar-refractivity contribution in [2.75, 3.05) is 13.1 Å². The van der Waals surface area contributed by atoms with Crippen LogP contribution in [0, 0.1) is 11.7 Å². The van der Waals surface area contributed by atoms with E-state index in [1.807, 2.05) is 0 Å². The minimum Gasteiger partial charge on any atom is -0.349 e. The van der Waals surface area contributed by atoms with Gasteiger partial charge in [0.15, 0.2) is 0 Å². The Morgan fingerprint density at radius 1 is 1.61 bits per heavy atom. The van der Waals surface area contributed by atoms with Crippen LogP contribution in [0.1, 0.15) is 24.9 Å². The van der Waals surface area contributed by atoms with Crippen molar-refractivity contribution in [3.05, 3.63) is 34.6 Å². The Morgan fingerprint density at radius 2 is 2.39 bits per heavy atom. The number of rotatable bonds is 3. The molecule has 5 heteroatoms. The van der Waals surface area contributed by atoms with Gasteiger partial charge in [-0.1, -0.05) is 17.7 Å². The number of carbonyl (C=O) groups excluding carboxylic acids is 1. The highest BCUT2D eigenvalue weighted by Gasteiger charge is 2.25. The van der Waals surface area contributed by atoms with Gasteiger partial charge in [-0.2, -0.15) is 0 Å². The van der Waals surface area contributed by atoms with Crippen LogP contribution in [0.2, 0.25) is 5.02 Å². The van der Waals surface area contributed by atoms with Crippen molar-refractivity contribution >= 4 is 17.5 Å². The summed E-state index contributed by atoms with van der Waals surface area (Å²) in [6, 6.07) is 4.10. The first-order valence-corrected chi connectivity index (χ1v) is 6.42. The summed E-state index contributed by atoms with van der Waals surface area (Å²) in [4.78, 5) is 11.9. The van der Waals surface area contributed by atoms with E-state index in [4.69, 9.17) is 11.6 Å². The average Bonchev–Trinajstić information content (AvgIpc) is 2.81. The van der Waals surface area contributed by atoms with Gasteiger partial charge in [-0.05, 0) is 32.0 Å². The van der Waals surface area contributed by atoms with Crippen LogP contribution in [0.25, 0.3) is 0 Å². The summed E-state index contributed by atoms with van der Waals surface area (Å²) in [6.45, 7) is 3.28. The Kier molecular flexibility index (Phi) is 4.19. The van der Waals surface area contributed by atoms with Crippen LogP contribution in [0.15, 0.2) is 18.2 Å². The summed E-state index contributed by atoms with van der Waals surface area (Å²) in [6.07, 6.45) is 0.823. The van der Waals surface area contributed by atoms with E-state index in [1.54, 1.807) is 19.1 Å². The lowest BCUT2D eigenvalue weighted by Crippen LogP contribution is -2.34. The Labute approximate surface area is 111 Å². The standard InChI is InChI=1S/C13H16ClFN2O/c1-8(12-10(14)3-2-4-11(12)15)17-13(18)9-5-6-16-7-9/h2-4,8-9,16H,5-7H2,1H3,(H,17,18). The molecule has 2 unspecified atom stereocenters. The highest BCUT2D eigenvalue weighted by molar-refractivity contribution is 6.31. The molecule has 1 saturated heterocycles. The average molecular weight is 271 g/mol. The summed E-state index contributed by atoms with van der Waals surface area (Å²) in [7, 11) is 0. The maximum absolute atomic E-state index is 13.7. The maximum atomic E-state index is 13.7. The van der Waals surface area contributed by atoms with Crippen LogP contribution in [-0.2, 0) is 4.79 Å². The normalized spacial score (nSPS) is 20.7. The number of carbonyl (C=O) groups is 1. The highest BCUT2D eigenvalue weighted by Crippen LogP contribution is 2.26. The molecule has 1 heterocycles. The topological polar surface area (TPSA) is 41.1 Å². The van der Waals surface area contributed by atoms with Gasteiger partial charge in [0.05, 0.1) is 12.0 Å². The molecule has 1 aromatic rings. The van der Waals surface area contributed by atoms with Crippen molar-refractivity contribution in [2.24, 2.45) is 5.92 Å². The minimum absolute atomic E-state index is 0.0296. The van der Waals surface area contributed by atoms with Gasteiger partial charge in [-0.15, -0.1) is 0 Å². The van der Waals surface area contributed by atoms with E-state index < -0.39 is 6.04 Å². The molecule has 0 saturated carbocycles. The molecule has 0 spiro atoms. The van der Waals surface area contributed by atoms with Gasteiger partial charge in [-0.3, -0.25) is 4.79 Å². The molecule has 0 aromatic heterocycles. The third kappa shape index (κ3) is 2.82. The fourth-order valence-electron chi connectivity index (χ4n) is 2.21. The van der Waals surface area contributed by atoms with Gasteiger partial charge in [0.2, 0.25) is 5.91 Å². The van der Waals surface area contributed by atoms with Crippen LogP contribution in [0.4, 0.5) is 4.39 Å². The number of hydrogen-bond acceptors (Lipinski definition) is 2. The lowest BCUT2D eigenvalue weighted by atomic mass is 10.0. The first-order chi connectivity index (χ1) is 8.59. The summed E-state index contributed by atoms with van der Waals surface area (Å²) in [5.74, 6) is -0.468. The van der Waals surface area contributed by atoms with Gasteiger partial charge < -0.3 is 10.6 Å². The van der Waals surface area contributed by atoms with Crippen LogP contribution in [-0.4, -0.2) is 19.0 Å². The van der Waals surface area contributed by atoms with Gasteiger partial charge in [0, 0.05) is 17.1 Å². The lowest BCUT2D eigenvalue weighted by Gasteiger charge is -2.18. The number of halogens is 2. The molecule has 1 aliphatic rings. The van der Waals surface area contributed by atoms with Crippen molar-refractivity contribution in [1.82, 2.24) is 10.6 Å². The molecule has 2 atom stereocenters. The van der Waals surface area contributed by atoms with E-state index in [0.717, 1.165) is 13.0 Å². The zero-order valence-electron chi connectivity index (χ0n) is 10.2. The number of amides is 1. The van der Waals surface area contributed by atoms with E-state index in [0.29, 0.717) is 17.1 Å². The van der Waals surface area contributed by atoms with Gasteiger partial charge in [0.1, 0.15) is 5.82 Å². The third-order valence-electron chi connectivity index (χ3n) is 3.22. The Balaban J connectivity index is 2.07. The van der Waals surface area contributed by atoms with Crippen LogP contribution < -0.4 is 10.6 Å².